The molecule has 7 heteroatoms. The highest BCUT2D eigenvalue weighted by Gasteiger charge is 2.25. The molecule has 2 heterocycles. The standard InChI is InChI=1S/C24H27ClN2O3S/c1-2-3-4-15-29-19-8-5-7-17(16-19)23(28)27-13-11-18(12-14-27)30-24-26-22-20(25)9-6-10-21(22)31-24/h5-10,16,18H,2-4,11-15H2,1H3. The number of nitrogens with zero attached hydrogens (tertiary/aromatic N) is 2. The number of piperidine rings is 1. The fraction of sp³-hybridized carbons (Fsp3) is 0.417. The second-order valence-electron chi connectivity index (χ2n) is 7.76. The lowest BCUT2D eigenvalue weighted by Gasteiger charge is -2.31. The van der Waals surface area contributed by atoms with E-state index in [4.69, 9.17) is 21.1 Å². The molecular weight excluding hydrogens is 432 g/mol. The Morgan fingerprint density at radius 3 is 2.77 bits per heavy atom. The lowest BCUT2D eigenvalue weighted by molar-refractivity contribution is 0.0595. The van der Waals surface area contributed by atoms with Crippen LogP contribution in [0.1, 0.15) is 49.4 Å². The van der Waals surface area contributed by atoms with Crippen LogP contribution in [0.3, 0.4) is 0 Å². The normalized spacial score (nSPS) is 14.7. The zero-order chi connectivity index (χ0) is 21.6. The molecular formula is C24H27ClN2O3S. The summed E-state index contributed by atoms with van der Waals surface area (Å²) in [5, 5.41) is 1.28. The first-order valence-corrected chi connectivity index (χ1v) is 12.1. The highest BCUT2D eigenvalue weighted by atomic mass is 35.5. The Balaban J connectivity index is 1.31. The Morgan fingerprint density at radius 1 is 1.19 bits per heavy atom. The molecule has 1 aromatic heterocycles. The molecule has 1 aliphatic heterocycles. The van der Waals surface area contributed by atoms with E-state index in [0.29, 0.717) is 35.5 Å². The third-order valence-corrected chi connectivity index (χ3v) is 6.66. The van der Waals surface area contributed by atoms with Gasteiger partial charge in [0.1, 0.15) is 17.4 Å². The number of benzene rings is 2. The van der Waals surface area contributed by atoms with Gasteiger partial charge in [-0.1, -0.05) is 54.8 Å². The highest BCUT2D eigenvalue weighted by Crippen LogP contribution is 2.33. The minimum Gasteiger partial charge on any atom is -0.494 e. The van der Waals surface area contributed by atoms with E-state index in [1.54, 1.807) is 0 Å². The summed E-state index contributed by atoms with van der Waals surface area (Å²) >= 11 is 7.72. The quantitative estimate of drug-likeness (QED) is 0.377. The van der Waals surface area contributed by atoms with Crippen LogP contribution in [0.25, 0.3) is 10.2 Å². The molecule has 0 saturated carbocycles. The fourth-order valence-corrected chi connectivity index (χ4v) is 4.89. The zero-order valence-corrected chi connectivity index (χ0v) is 19.3. The summed E-state index contributed by atoms with van der Waals surface area (Å²) in [7, 11) is 0. The molecule has 1 fully saturated rings. The molecule has 0 aliphatic carbocycles. The predicted octanol–water partition coefficient (Wildman–Crippen LogP) is 6.20. The monoisotopic (exact) mass is 458 g/mol. The molecule has 1 amide bonds. The van der Waals surface area contributed by atoms with E-state index in [1.807, 2.05) is 47.4 Å². The summed E-state index contributed by atoms with van der Waals surface area (Å²) < 4.78 is 12.9. The predicted molar refractivity (Wildman–Crippen MR) is 126 cm³/mol. The summed E-state index contributed by atoms with van der Waals surface area (Å²) in [5.74, 6) is 0.805. The Hall–Kier alpha value is -2.31. The van der Waals surface area contributed by atoms with Crippen molar-refractivity contribution >= 4 is 39.1 Å². The summed E-state index contributed by atoms with van der Waals surface area (Å²) in [6.45, 7) is 4.18. The smallest absolute Gasteiger partial charge is 0.274 e. The Morgan fingerprint density at radius 2 is 2.00 bits per heavy atom. The summed E-state index contributed by atoms with van der Waals surface area (Å²) in [5.41, 5.74) is 1.46. The first-order chi connectivity index (χ1) is 15.1. The number of para-hydroxylation sites is 1. The lowest BCUT2D eigenvalue weighted by Crippen LogP contribution is -2.41. The van der Waals surface area contributed by atoms with E-state index >= 15 is 0 Å². The number of aromatic nitrogens is 1. The van der Waals surface area contributed by atoms with Gasteiger partial charge in [0.25, 0.3) is 11.1 Å². The van der Waals surface area contributed by atoms with Crippen LogP contribution in [0, 0.1) is 0 Å². The van der Waals surface area contributed by atoms with Crippen LogP contribution in [-0.4, -0.2) is 41.6 Å². The molecule has 0 N–H and O–H groups in total. The summed E-state index contributed by atoms with van der Waals surface area (Å²) in [6.07, 6.45) is 4.96. The molecule has 5 nitrogen and oxygen atoms in total. The molecule has 3 aromatic rings. The zero-order valence-electron chi connectivity index (χ0n) is 17.7. The minimum atomic E-state index is 0.0456. The van der Waals surface area contributed by atoms with Gasteiger partial charge in [-0.05, 0) is 36.8 Å². The molecule has 0 spiro atoms. The van der Waals surface area contributed by atoms with Crippen molar-refractivity contribution in [1.29, 1.82) is 0 Å². The average Bonchev–Trinajstić information content (AvgIpc) is 3.21. The van der Waals surface area contributed by atoms with Crippen LogP contribution in [-0.2, 0) is 0 Å². The number of hydrogen-bond donors (Lipinski definition) is 0. The molecule has 164 valence electrons. The van der Waals surface area contributed by atoms with Crippen LogP contribution in [0.2, 0.25) is 5.02 Å². The van der Waals surface area contributed by atoms with E-state index in [9.17, 15) is 4.79 Å². The van der Waals surface area contributed by atoms with Gasteiger partial charge in [0, 0.05) is 31.5 Å². The SMILES string of the molecule is CCCCCOc1cccc(C(=O)N2CCC(Oc3nc4c(Cl)cccc4s3)CC2)c1. The number of likely N-dealkylation sites (tertiary alicyclic amines) is 1. The number of hydrogen-bond acceptors (Lipinski definition) is 5. The van der Waals surface area contributed by atoms with Crippen LogP contribution in [0.15, 0.2) is 42.5 Å². The number of rotatable bonds is 8. The van der Waals surface area contributed by atoms with Crippen molar-refractivity contribution in [3.63, 3.8) is 0 Å². The van der Waals surface area contributed by atoms with E-state index in [-0.39, 0.29) is 12.0 Å². The molecule has 0 atom stereocenters. The van der Waals surface area contributed by atoms with Crippen molar-refractivity contribution in [2.45, 2.75) is 45.1 Å². The molecule has 0 radical (unpaired) electrons. The van der Waals surface area contributed by atoms with Crippen LogP contribution >= 0.6 is 22.9 Å². The molecule has 0 unspecified atom stereocenters. The van der Waals surface area contributed by atoms with Crippen molar-refractivity contribution in [2.75, 3.05) is 19.7 Å². The van der Waals surface area contributed by atoms with Crippen molar-refractivity contribution in [3.05, 3.63) is 53.1 Å². The first kappa shape index (κ1) is 21.9. The number of halogens is 1. The van der Waals surface area contributed by atoms with Gasteiger partial charge in [0.2, 0.25) is 0 Å². The van der Waals surface area contributed by atoms with Gasteiger partial charge < -0.3 is 14.4 Å². The van der Waals surface area contributed by atoms with Gasteiger partial charge in [0.15, 0.2) is 0 Å². The molecule has 1 aliphatic rings. The van der Waals surface area contributed by atoms with Crippen molar-refractivity contribution in [1.82, 2.24) is 9.88 Å². The van der Waals surface area contributed by atoms with E-state index in [1.165, 1.54) is 11.3 Å². The molecule has 2 aromatic carbocycles. The third-order valence-electron chi connectivity index (χ3n) is 5.44. The Labute approximate surface area is 191 Å². The van der Waals surface area contributed by atoms with Gasteiger partial charge in [0.05, 0.1) is 16.3 Å². The topological polar surface area (TPSA) is 51.7 Å². The summed E-state index contributed by atoms with van der Waals surface area (Å²) in [6, 6.07) is 13.2. The second-order valence-corrected chi connectivity index (χ2v) is 9.16. The van der Waals surface area contributed by atoms with Crippen LogP contribution in [0.4, 0.5) is 0 Å². The number of amides is 1. The van der Waals surface area contributed by atoms with Gasteiger partial charge in [-0.25, -0.2) is 4.98 Å². The Bertz CT molecular complexity index is 1030. The second kappa shape index (κ2) is 10.3. The largest absolute Gasteiger partial charge is 0.494 e. The van der Waals surface area contributed by atoms with Gasteiger partial charge in [-0.15, -0.1) is 0 Å². The van der Waals surface area contributed by atoms with Gasteiger partial charge >= 0.3 is 0 Å². The maximum atomic E-state index is 13.0. The number of unbranched alkanes of at least 4 members (excludes halogenated alkanes) is 2. The average molecular weight is 459 g/mol. The van der Waals surface area contributed by atoms with E-state index in [2.05, 4.69) is 11.9 Å². The van der Waals surface area contributed by atoms with Crippen molar-refractivity contribution < 1.29 is 14.3 Å². The maximum absolute atomic E-state index is 13.0. The number of carbonyl (C=O) groups is 1. The Kier molecular flexibility index (Phi) is 7.30. The molecule has 0 bridgehead atoms. The minimum absolute atomic E-state index is 0.0456. The van der Waals surface area contributed by atoms with E-state index in [0.717, 1.165) is 48.1 Å². The number of ether oxygens (including phenoxy) is 2. The number of thiazole rings is 1. The third kappa shape index (κ3) is 5.49. The van der Waals surface area contributed by atoms with Gasteiger partial charge in [-0.2, -0.15) is 0 Å². The van der Waals surface area contributed by atoms with Gasteiger partial charge in [-0.3, -0.25) is 4.79 Å². The number of fused-ring (bicyclic) bond motifs is 1. The number of carbonyl (C=O) groups excluding carboxylic acids is 1. The highest BCUT2D eigenvalue weighted by molar-refractivity contribution is 7.20. The van der Waals surface area contributed by atoms with E-state index < -0.39 is 0 Å². The van der Waals surface area contributed by atoms with Crippen molar-refractivity contribution in [3.8, 4) is 10.9 Å². The van der Waals surface area contributed by atoms with Crippen molar-refractivity contribution in [2.24, 2.45) is 0 Å². The maximum Gasteiger partial charge on any atom is 0.274 e. The molecule has 31 heavy (non-hydrogen) atoms. The molecule has 4 rings (SSSR count). The molecule has 1 saturated heterocycles. The fourth-order valence-electron chi connectivity index (χ4n) is 3.71. The summed E-state index contributed by atoms with van der Waals surface area (Å²) in [4.78, 5) is 19.4. The van der Waals surface area contributed by atoms with Crippen LogP contribution in [0.5, 0.6) is 10.9 Å². The first-order valence-electron chi connectivity index (χ1n) is 10.9. The lowest BCUT2D eigenvalue weighted by atomic mass is 10.1. The van der Waals surface area contributed by atoms with Crippen LogP contribution < -0.4 is 9.47 Å².